The Morgan fingerprint density at radius 1 is 0.818 bits per heavy atom. The van der Waals surface area contributed by atoms with Gasteiger partial charge in [-0.2, -0.15) is 0 Å². The molecule has 0 spiro atoms. The van der Waals surface area contributed by atoms with Crippen molar-refractivity contribution in [1.29, 1.82) is 0 Å². The summed E-state index contributed by atoms with van der Waals surface area (Å²) < 4.78 is 0. The molecular weight excluding hydrogens is 134 g/mol. The summed E-state index contributed by atoms with van der Waals surface area (Å²) in [5, 5.41) is 2.39. The Kier molecular flexibility index (Phi) is 9.92. The molecule has 0 aliphatic heterocycles. The normalized spacial score (nSPS) is 10.4. The predicted molar refractivity (Wildman–Crippen MR) is 50.7 cm³/mol. The van der Waals surface area contributed by atoms with E-state index in [9.17, 15) is 0 Å². The van der Waals surface area contributed by atoms with Gasteiger partial charge in [0.1, 0.15) is 0 Å². The zero-order chi connectivity index (χ0) is 8.36. The van der Waals surface area contributed by atoms with Gasteiger partial charge in [0.15, 0.2) is 0 Å². The summed E-state index contributed by atoms with van der Waals surface area (Å²) in [6.45, 7) is 7.07. The fourth-order valence-electron chi connectivity index (χ4n) is 1.27. The van der Waals surface area contributed by atoms with E-state index in [-0.39, 0.29) is 0 Å². The number of hydrogen-bond donors (Lipinski definition) is 1. The molecular formula is C10H24N+. The molecule has 1 heteroatoms. The van der Waals surface area contributed by atoms with E-state index in [4.69, 9.17) is 0 Å². The van der Waals surface area contributed by atoms with Gasteiger partial charge in [-0.25, -0.2) is 0 Å². The summed E-state index contributed by atoms with van der Waals surface area (Å²) in [6, 6.07) is 0. The van der Waals surface area contributed by atoms with Gasteiger partial charge in [-0.05, 0) is 19.8 Å². The summed E-state index contributed by atoms with van der Waals surface area (Å²) in [6.07, 6.45) is 8.54. The van der Waals surface area contributed by atoms with E-state index in [0.717, 1.165) is 0 Å². The minimum absolute atomic E-state index is 1.25. The van der Waals surface area contributed by atoms with Crippen molar-refractivity contribution in [3.63, 3.8) is 0 Å². The zero-order valence-corrected chi connectivity index (χ0v) is 8.23. The van der Waals surface area contributed by atoms with Crippen LogP contribution in [0.5, 0.6) is 0 Å². The molecule has 0 aliphatic carbocycles. The quantitative estimate of drug-likeness (QED) is 0.520. The third-order valence-corrected chi connectivity index (χ3v) is 2.05. The van der Waals surface area contributed by atoms with Crippen LogP contribution in [-0.4, -0.2) is 13.1 Å². The Bertz CT molecular complexity index is 53.9. The second-order valence-corrected chi connectivity index (χ2v) is 3.25. The number of unbranched alkanes of at least 4 members (excludes halogenated alkanes) is 5. The lowest BCUT2D eigenvalue weighted by Gasteiger charge is -1.98. The van der Waals surface area contributed by atoms with Gasteiger partial charge in [0.2, 0.25) is 0 Å². The second-order valence-electron chi connectivity index (χ2n) is 3.25. The topological polar surface area (TPSA) is 16.6 Å². The molecule has 0 saturated heterocycles. The Morgan fingerprint density at radius 3 is 2.09 bits per heavy atom. The molecule has 68 valence electrons. The third kappa shape index (κ3) is 9.96. The molecule has 0 atom stereocenters. The third-order valence-electron chi connectivity index (χ3n) is 2.05. The summed E-state index contributed by atoms with van der Waals surface area (Å²) in [5.74, 6) is 0. The van der Waals surface area contributed by atoms with E-state index >= 15 is 0 Å². The first-order chi connectivity index (χ1) is 5.41. The van der Waals surface area contributed by atoms with Crippen molar-refractivity contribution in [3.8, 4) is 0 Å². The fraction of sp³-hybridized carbons (Fsp3) is 1.00. The molecule has 1 nitrogen and oxygen atoms in total. The summed E-state index contributed by atoms with van der Waals surface area (Å²) in [5.41, 5.74) is 0. The Labute approximate surface area is 71.6 Å². The maximum atomic E-state index is 2.39. The molecule has 0 aromatic rings. The molecule has 0 radical (unpaired) electrons. The van der Waals surface area contributed by atoms with Crippen LogP contribution in [0.4, 0.5) is 0 Å². The second kappa shape index (κ2) is 9.96. The van der Waals surface area contributed by atoms with Gasteiger partial charge in [0.05, 0.1) is 13.1 Å². The van der Waals surface area contributed by atoms with Gasteiger partial charge in [-0.1, -0.05) is 32.6 Å². The number of rotatable bonds is 8. The maximum absolute atomic E-state index is 2.39. The van der Waals surface area contributed by atoms with Crippen molar-refractivity contribution < 1.29 is 5.32 Å². The molecule has 0 aliphatic rings. The van der Waals surface area contributed by atoms with Crippen molar-refractivity contribution in [2.45, 2.75) is 52.4 Å². The zero-order valence-electron chi connectivity index (χ0n) is 8.23. The lowest BCUT2D eigenvalue weighted by atomic mass is 10.1. The SMILES string of the molecule is CCCCCCCC[NH2+]CC. The van der Waals surface area contributed by atoms with Crippen molar-refractivity contribution in [2.75, 3.05) is 13.1 Å². The minimum Gasteiger partial charge on any atom is -0.346 e. The van der Waals surface area contributed by atoms with Gasteiger partial charge >= 0.3 is 0 Å². The Hall–Kier alpha value is -0.0400. The van der Waals surface area contributed by atoms with E-state index in [1.54, 1.807) is 0 Å². The smallest absolute Gasteiger partial charge is 0.0755 e. The van der Waals surface area contributed by atoms with Gasteiger partial charge in [-0.3, -0.25) is 0 Å². The van der Waals surface area contributed by atoms with Crippen molar-refractivity contribution in [2.24, 2.45) is 0 Å². The molecule has 11 heavy (non-hydrogen) atoms. The van der Waals surface area contributed by atoms with E-state index < -0.39 is 0 Å². The summed E-state index contributed by atoms with van der Waals surface area (Å²) in [4.78, 5) is 0. The van der Waals surface area contributed by atoms with Crippen molar-refractivity contribution >= 4 is 0 Å². The highest BCUT2D eigenvalue weighted by Gasteiger charge is 1.89. The van der Waals surface area contributed by atoms with Crippen LogP contribution >= 0.6 is 0 Å². The van der Waals surface area contributed by atoms with Crippen LogP contribution in [0, 0.1) is 0 Å². The van der Waals surface area contributed by atoms with Crippen LogP contribution in [0.3, 0.4) is 0 Å². The molecule has 0 rings (SSSR count). The summed E-state index contributed by atoms with van der Waals surface area (Å²) >= 11 is 0. The minimum atomic E-state index is 1.25. The first kappa shape index (κ1) is 11.0. The van der Waals surface area contributed by atoms with Gasteiger partial charge < -0.3 is 5.32 Å². The van der Waals surface area contributed by atoms with E-state index in [1.807, 2.05) is 0 Å². The first-order valence-electron chi connectivity index (χ1n) is 5.23. The van der Waals surface area contributed by atoms with Crippen molar-refractivity contribution in [1.82, 2.24) is 0 Å². The van der Waals surface area contributed by atoms with Crippen LogP contribution in [0.25, 0.3) is 0 Å². The standard InChI is InChI=1S/C10H23N/c1-3-5-6-7-8-9-10-11-4-2/h11H,3-10H2,1-2H3/p+1. The van der Waals surface area contributed by atoms with Gasteiger partial charge in [-0.15, -0.1) is 0 Å². The van der Waals surface area contributed by atoms with Crippen LogP contribution in [0.1, 0.15) is 52.4 Å². The average Bonchev–Trinajstić information content (AvgIpc) is 2.03. The van der Waals surface area contributed by atoms with Crippen LogP contribution in [-0.2, 0) is 0 Å². The molecule has 0 unspecified atom stereocenters. The number of nitrogens with two attached hydrogens (primary N) is 1. The highest BCUT2D eigenvalue weighted by Crippen LogP contribution is 2.03. The Balaban J connectivity index is 2.69. The van der Waals surface area contributed by atoms with E-state index in [1.165, 1.54) is 51.6 Å². The number of hydrogen-bond acceptors (Lipinski definition) is 0. The molecule has 0 aromatic heterocycles. The predicted octanol–water partition coefficient (Wildman–Crippen LogP) is 1.93. The molecule has 0 heterocycles. The largest absolute Gasteiger partial charge is 0.346 e. The van der Waals surface area contributed by atoms with Crippen LogP contribution in [0.15, 0.2) is 0 Å². The Morgan fingerprint density at radius 2 is 1.45 bits per heavy atom. The average molecular weight is 158 g/mol. The number of quaternary nitrogens is 1. The molecule has 0 saturated carbocycles. The molecule has 0 bridgehead atoms. The molecule has 0 aromatic carbocycles. The fourth-order valence-corrected chi connectivity index (χ4v) is 1.27. The highest BCUT2D eigenvalue weighted by molar-refractivity contribution is 4.41. The maximum Gasteiger partial charge on any atom is 0.0755 e. The molecule has 2 N–H and O–H groups in total. The van der Waals surface area contributed by atoms with Crippen LogP contribution < -0.4 is 5.32 Å². The van der Waals surface area contributed by atoms with Gasteiger partial charge in [0, 0.05) is 0 Å². The van der Waals surface area contributed by atoms with Crippen molar-refractivity contribution in [3.05, 3.63) is 0 Å². The molecule has 0 amide bonds. The monoisotopic (exact) mass is 158 g/mol. The lowest BCUT2D eigenvalue weighted by molar-refractivity contribution is -0.652. The highest BCUT2D eigenvalue weighted by atomic mass is 14.8. The van der Waals surface area contributed by atoms with Crippen LogP contribution in [0.2, 0.25) is 0 Å². The first-order valence-corrected chi connectivity index (χ1v) is 5.23. The van der Waals surface area contributed by atoms with Gasteiger partial charge in [0.25, 0.3) is 0 Å². The van der Waals surface area contributed by atoms with E-state index in [0.29, 0.717) is 0 Å². The lowest BCUT2D eigenvalue weighted by Crippen LogP contribution is -2.83. The molecule has 0 fully saturated rings. The summed E-state index contributed by atoms with van der Waals surface area (Å²) in [7, 11) is 0. The van der Waals surface area contributed by atoms with E-state index in [2.05, 4.69) is 19.2 Å².